The largest absolute Gasteiger partial charge is 0.310 e. The molecule has 2 spiro atoms. The Morgan fingerprint density at radius 2 is 0.476 bits per heavy atom. The third-order valence-electron chi connectivity index (χ3n) is 27.7. The van der Waals surface area contributed by atoms with Crippen LogP contribution >= 0.6 is 0 Å². The predicted molar refractivity (Wildman–Crippen MR) is 524 cm³/mol. The zero-order valence-corrected chi connectivity index (χ0v) is 68.8. The Balaban J connectivity index is 0.569. The summed E-state index contributed by atoms with van der Waals surface area (Å²) in [7, 11) is 0. The number of nitrogens with zero attached hydrogens (tertiary/aromatic N) is 4. The molecule has 0 amide bonds. The van der Waals surface area contributed by atoms with Gasteiger partial charge < -0.3 is 18.9 Å². The fourth-order valence-corrected chi connectivity index (χ4v) is 22.3. The second kappa shape index (κ2) is 28.1. The maximum absolute atomic E-state index is 2.57. The lowest BCUT2D eigenvalue weighted by molar-refractivity contribution is 0.748. The molecular formula is C122H78N4. The molecule has 0 saturated heterocycles. The normalized spacial score (nSPS) is 14.6. The van der Waals surface area contributed by atoms with E-state index >= 15 is 0 Å². The van der Waals surface area contributed by atoms with Crippen molar-refractivity contribution in [2.24, 2.45) is 0 Å². The van der Waals surface area contributed by atoms with Crippen LogP contribution in [0.15, 0.2) is 473 Å². The topological polar surface area (TPSA) is 16.3 Å². The second-order valence-corrected chi connectivity index (χ2v) is 34.1. The van der Waals surface area contributed by atoms with Gasteiger partial charge in [-0.1, -0.05) is 364 Å². The monoisotopic (exact) mass is 1600 g/mol. The number of hydrogen-bond donors (Lipinski definition) is 0. The molecule has 4 aliphatic rings. The zero-order valence-electron chi connectivity index (χ0n) is 68.8. The molecule has 20 aromatic carbocycles. The Bertz CT molecular complexity index is 8180. The minimum absolute atomic E-state index is 0.570. The van der Waals surface area contributed by atoms with Gasteiger partial charge in [0, 0.05) is 55.7 Å². The van der Waals surface area contributed by atoms with Crippen molar-refractivity contribution in [3.63, 3.8) is 0 Å². The number of hydrogen-bond acceptors (Lipinski definition) is 2. The van der Waals surface area contributed by atoms with Crippen molar-refractivity contribution in [2.75, 3.05) is 9.80 Å². The summed E-state index contributed by atoms with van der Waals surface area (Å²) in [6, 6.07) is 177. The van der Waals surface area contributed by atoms with Crippen molar-refractivity contribution in [1.82, 2.24) is 9.13 Å². The van der Waals surface area contributed by atoms with Crippen LogP contribution < -0.4 is 9.80 Å². The third-order valence-corrected chi connectivity index (χ3v) is 27.7. The van der Waals surface area contributed by atoms with Gasteiger partial charge in [-0.05, 0) is 254 Å². The summed E-state index contributed by atoms with van der Waals surface area (Å²) in [6.07, 6.45) is 0. The van der Waals surface area contributed by atoms with E-state index in [2.05, 4.69) is 492 Å². The minimum atomic E-state index is -0.671. The molecule has 26 rings (SSSR count). The van der Waals surface area contributed by atoms with Crippen LogP contribution in [0.5, 0.6) is 0 Å². The molecule has 0 radical (unpaired) electrons. The smallest absolute Gasteiger partial charge is 0.0755 e. The van der Waals surface area contributed by atoms with Crippen molar-refractivity contribution >= 4 is 77.7 Å². The number of anilines is 6. The van der Waals surface area contributed by atoms with Crippen LogP contribution in [0.1, 0.15) is 44.5 Å². The average molecular weight is 1600 g/mol. The van der Waals surface area contributed by atoms with Gasteiger partial charge in [-0.15, -0.1) is 0 Å². The van der Waals surface area contributed by atoms with Crippen LogP contribution in [0, 0.1) is 0 Å². The van der Waals surface area contributed by atoms with E-state index in [1.807, 2.05) is 0 Å². The van der Waals surface area contributed by atoms with Crippen molar-refractivity contribution in [2.45, 2.75) is 10.8 Å². The first-order valence-electron chi connectivity index (χ1n) is 43.8. The summed E-state index contributed by atoms with van der Waals surface area (Å²) in [5.41, 5.74) is 44.3. The van der Waals surface area contributed by atoms with E-state index in [1.54, 1.807) is 0 Å². The highest BCUT2D eigenvalue weighted by atomic mass is 15.1. The molecule has 22 aromatic rings. The fraction of sp³-hybridized carbons (Fsp3) is 0.0164. The highest BCUT2D eigenvalue weighted by Gasteiger charge is 2.53. The van der Waals surface area contributed by atoms with Gasteiger partial charge in [0.05, 0.1) is 44.3 Å². The molecule has 586 valence electrons. The van der Waals surface area contributed by atoms with E-state index in [-0.39, 0.29) is 0 Å². The maximum atomic E-state index is 2.57. The van der Waals surface area contributed by atoms with E-state index in [0.717, 1.165) is 61.9 Å². The quantitative estimate of drug-likeness (QED) is 0.114. The Labute approximate surface area is 731 Å². The van der Waals surface area contributed by atoms with Crippen molar-refractivity contribution in [3.8, 4) is 112 Å². The van der Waals surface area contributed by atoms with Gasteiger partial charge in [0.25, 0.3) is 0 Å². The lowest BCUT2D eigenvalue weighted by Crippen LogP contribution is -2.33. The van der Waals surface area contributed by atoms with E-state index in [4.69, 9.17) is 0 Å². The average Bonchev–Trinajstić information content (AvgIpc) is 1.50. The van der Waals surface area contributed by atoms with Crippen LogP contribution in [-0.4, -0.2) is 9.13 Å². The molecule has 0 saturated carbocycles. The highest BCUT2D eigenvalue weighted by Crippen LogP contribution is 2.65. The molecule has 2 atom stereocenters. The van der Waals surface area contributed by atoms with Crippen LogP contribution in [0.3, 0.4) is 0 Å². The molecular weight excluding hydrogens is 1520 g/mol. The van der Waals surface area contributed by atoms with E-state index < -0.39 is 10.8 Å². The summed E-state index contributed by atoms with van der Waals surface area (Å²) in [5.74, 6) is 0. The molecule has 126 heavy (non-hydrogen) atoms. The van der Waals surface area contributed by atoms with E-state index in [1.165, 1.54) is 172 Å². The fourth-order valence-electron chi connectivity index (χ4n) is 22.3. The summed E-state index contributed by atoms with van der Waals surface area (Å²) in [6.45, 7) is 0. The van der Waals surface area contributed by atoms with Crippen molar-refractivity contribution in [3.05, 3.63) is 518 Å². The SMILES string of the molecule is c1ccc(-c2ccc(N(c3ccc(-c4ccccc4-c4ccccc4)cc3)c3ccc4c(c3)C3(c5ccccc5-4)c4ccccc4-n4c5ccc(-c6ccc(-c7ccc(N(c8cccc(-c9cccc(-c%10ccccc%10)c9)c8)c8ccc9c(c8)-c8ccccc8C98c9ccccc9-n9c%10ccccc%10c%10cccc8c%109)cc7)cc6)cc5c5cccc3c54)cc2)cc1. The molecule has 4 heterocycles. The first kappa shape index (κ1) is 71.3. The van der Waals surface area contributed by atoms with Crippen molar-refractivity contribution < 1.29 is 0 Å². The Morgan fingerprint density at radius 1 is 0.151 bits per heavy atom. The second-order valence-electron chi connectivity index (χ2n) is 34.1. The van der Waals surface area contributed by atoms with Gasteiger partial charge in [0.1, 0.15) is 0 Å². The first-order chi connectivity index (χ1) is 62.5. The molecule has 2 aliphatic carbocycles. The molecule has 2 aliphatic heterocycles. The molecule has 4 nitrogen and oxygen atoms in total. The molecule has 0 fully saturated rings. The summed E-state index contributed by atoms with van der Waals surface area (Å²) in [5, 5.41) is 5.00. The molecule has 4 heteroatoms. The number of aromatic nitrogens is 2. The summed E-state index contributed by atoms with van der Waals surface area (Å²) in [4.78, 5) is 4.92. The van der Waals surface area contributed by atoms with Crippen LogP contribution in [0.2, 0.25) is 0 Å². The van der Waals surface area contributed by atoms with Crippen molar-refractivity contribution in [1.29, 1.82) is 0 Å². The van der Waals surface area contributed by atoms with Gasteiger partial charge in [-0.2, -0.15) is 0 Å². The van der Waals surface area contributed by atoms with Gasteiger partial charge in [0.15, 0.2) is 0 Å². The highest BCUT2D eigenvalue weighted by molar-refractivity contribution is 6.15. The van der Waals surface area contributed by atoms with Gasteiger partial charge in [0.2, 0.25) is 0 Å². The van der Waals surface area contributed by atoms with E-state index in [0.29, 0.717) is 0 Å². The standard InChI is InChI=1S/C122H78N4/c1-4-26-79(27-5-1)82-56-63-91(64-57-82)123(92-67-60-86(61-68-92)98-37-11-10-36-97(98)85-30-8-3-9-31-85)96-69-71-101-99-38-12-15-43-107(99)122(114(101)78-96)111-46-18-21-51-118(111)126-116-73-62-90(76-106(116)104-42-25-48-113(122)120(104)126)84-54-52-81(53-55-84)83-58-65-93(66-59-83)124(94-35-23-34-89(75-94)88-33-22-32-87(74-88)80-28-6-2-7-29-80)95-70-72-109-105(77-95)100-39-13-16-44-108(100)121(109)110-45-17-20-50-117(110)125-115-49-19-14-40-102(115)103-41-24-47-112(121)119(103)125/h1-78H. The number of fused-ring (bicyclic) bond motifs is 24. The lowest BCUT2D eigenvalue weighted by atomic mass is 9.65. The third kappa shape index (κ3) is 10.5. The minimum Gasteiger partial charge on any atom is -0.310 e. The molecule has 2 aromatic heterocycles. The lowest BCUT2D eigenvalue weighted by Gasteiger charge is -2.40. The molecule has 0 bridgehead atoms. The molecule has 0 N–H and O–H groups in total. The van der Waals surface area contributed by atoms with Gasteiger partial charge in [-0.3, -0.25) is 0 Å². The molecule has 2 unspecified atom stereocenters. The number of para-hydroxylation sites is 5. The first-order valence-corrected chi connectivity index (χ1v) is 43.8. The van der Waals surface area contributed by atoms with Crippen LogP contribution in [0.4, 0.5) is 34.1 Å². The van der Waals surface area contributed by atoms with Crippen LogP contribution in [0.25, 0.3) is 155 Å². The number of rotatable bonds is 13. The number of benzene rings is 20. The Kier molecular flexibility index (Phi) is 15.9. The summed E-state index contributed by atoms with van der Waals surface area (Å²) < 4.78 is 5.09. The Hall–Kier alpha value is -16.4. The van der Waals surface area contributed by atoms with Gasteiger partial charge >= 0.3 is 0 Å². The van der Waals surface area contributed by atoms with Gasteiger partial charge in [-0.25, -0.2) is 0 Å². The maximum Gasteiger partial charge on any atom is 0.0755 e. The Morgan fingerprint density at radius 3 is 1.07 bits per heavy atom. The predicted octanol–water partition coefficient (Wildman–Crippen LogP) is 31.8. The van der Waals surface area contributed by atoms with Crippen LogP contribution in [-0.2, 0) is 10.8 Å². The summed E-state index contributed by atoms with van der Waals surface area (Å²) >= 11 is 0. The van der Waals surface area contributed by atoms with E-state index in [9.17, 15) is 0 Å². The zero-order chi connectivity index (χ0) is 82.7.